The molecule has 0 unspecified atom stereocenters. The van der Waals surface area contributed by atoms with Gasteiger partial charge in [-0.1, -0.05) is 6.07 Å². The van der Waals surface area contributed by atoms with E-state index in [4.69, 9.17) is 9.47 Å². The van der Waals surface area contributed by atoms with Crippen LogP contribution in [0.4, 0.5) is 0 Å². The highest BCUT2D eigenvalue weighted by molar-refractivity contribution is 5.82. The molecule has 0 heterocycles. The van der Waals surface area contributed by atoms with Crippen LogP contribution in [0.3, 0.4) is 0 Å². The summed E-state index contributed by atoms with van der Waals surface area (Å²) in [5.41, 5.74) is 0.367. The number of ether oxygens (including phenoxy) is 2. The summed E-state index contributed by atoms with van der Waals surface area (Å²) in [6.07, 6.45) is 0.680. The van der Waals surface area contributed by atoms with Crippen LogP contribution in [-0.2, 0) is 4.79 Å². The Hall–Kier alpha value is -2.04. The summed E-state index contributed by atoms with van der Waals surface area (Å²) in [7, 11) is 1.49. The van der Waals surface area contributed by atoms with Gasteiger partial charge in [-0.05, 0) is 26.0 Å². The number of para-hydroxylation sites is 1. The number of carbonyl (C=O) groups excluding carboxylic acids is 2. The molecular formula is C14H19NO4. The van der Waals surface area contributed by atoms with Crippen molar-refractivity contribution in [3.8, 4) is 11.5 Å². The highest BCUT2D eigenvalue weighted by Crippen LogP contribution is 2.29. The Morgan fingerprint density at radius 3 is 2.53 bits per heavy atom. The van der Waals surface area contributed by atoms with E-state index in [0.29, 0.717) is 36.4 Å². The Balaban J connectivity index is 2.82. The first kappa shape index (κ1) is 15.0. The summed E-state index contributed by atoms with van der Waals surface area (Å²) in [6, 6.07) is 5.00. The van der Waals surface area contributed by atoms with Crippen LogP contribution < -0.4 is 9.47 Å². The summed E-state index contributed by atoms with van der Waals surface area (Å²) in [6.45, 7) is 4.96. The summed E-state index contributed by atoms with van der Waals surface area (Å²) in [5, 5.41) is 0. The highest BCUT2D eigenvalue weighted by atomic mass is 16.5. The fraction of sp³-hybridized carbons (Fsp3) is 0.429. The number of benzene rings is 1. The summed E-state index contributed by atoms with van der Waals surface area (Å²) < 4.78 is 10.6. The Labute approximate surface area is 113 Å². The van der Waals surface area contributed by atoms with E-state index in [1.54, 1.807) is 23.1 Å². The van der Waals surface area contributed by atoms with E-state index in [0.717, 1.165) is 0 Å². The number of aldehydes is 1. The topological polar surface area (TPSA) is 55.8 Å². The molecule has 1 aromatic carbocycles. The smallest absolute Gasteiger partial charge is 0.260 e. The molecule has 5 heteroatoms. The van der Waals surface area contributed by atoms with Crippen molar-refractivity contribution < 1.29 is 19.1 Å². The first-order valence-corrected chi connectivity index (χ1v) is 6.20. The largest absolute Gasteiger partial charge is 0.493 e. The molecule has 5 nitrogen and oxygen atoms in total. The molecule has 0 aliphatic heterocycles. The van der Waals surface area contributed by atoms with Crippen LogP contribution in [0.5, 0.6) is 11.5 Å². The van der Waals surface area contributed by atoms with Crippen molar-refractivity contribution >= 4 is 12.2 Å². The van der Waals surface area contributed by atoms with Gasteiger partial charge in [0.25, 0.3) is 5.91 Å². The normalized spacial score (nSPS) is 9.84. The van der Waals surface area contributed by atoms with E-state index < -0.39 is 0 Å². The first-order chi connectivity index (χ1) is 9.17. The van der Waals surface area contributed by atoms with Gasteiger partial charge in [0, 0.05) is 13.1 Å². The number of carbonyl (C=O) groups is 2. The molecule has 0 N–H and O–H groups in total. The predicted octanol–water partition coefficient (Wildman–Crippen LogP) is 1.75. The third-order valence-electron chi connectivity index (χ3n) is 2.81. The van der Waals surface area contributed by atoms with Gasteiger partial charge in [-0.15, -0.1) is 0 Å². The second kappa shape index (κ2) is 7.41. The maximum atomic E-state index is 11.8. The zero-order valence-corrected chi connectivity index (χ0v) is 11.5. The number of hydrogen-bond donors (Lipinski definition) is 0. The number of amides is 1. The monoisotopic (exact) mass is 265 g/mol. The minimum atomic E-state index is -0.118. The lowest BCUT2D eigenvalue weighted by molar-refractivity contribution is -0.133. The van der Waals surface area contributed by atoms with E-state index >= 15 is 0 Å². The van der Waals surface area contributed by atoms with Crippen molar-refractivity contribution in [2.24, 2.45) is 0 Å². The second-order valence-corrected chi connectivity index (χ2v) is 3.85. The lowest BCUT2D eigenvalue weighted by Crippen LogP contribution is -2.34. The number of methoxy groups -OCH3 is 1. The van der Waals surface area contributed by atoms with E-state index in [1.165, 1.54) is 7.11 Å². The fourth-order valence-electron chi connectivity index (χ4n) is 1.74. The molecule has 1 rings (SSSR count). The summed E-state index contributed by atoms with van der Waals surface area (Å²) in [4.78, 5) is 24.5. The molecule has 0 aromatic heterocycles. The predicted molar refractivity (Wildman–Crippen MR) is 71.8 cm³/mol. The average Bonchev–Trinajstić information content (AvgIpc) is 2.45. The maximum Gasteiger partial charge on any atom is 0.260 e. The zero-order valence-electron chi connectivity index (χ0n) is 11.5. The molecule has 0 bridgehead atoms. The number of likely N-dealkylation sites (N-methyl/N-ethyl adjacent to an activating group) is 1. The minimum absolute atomic E-state index is 0.108. The molecule has 0 saturated heterocycles. The van der Waals surface area contributed by atoms with Gasteiger partial charge >= 0.3 is 0 Å². The molecule has 19 heavy (non-hydrogen) atoms. The highest BCUT2D eigenvalue weighted by Gasteiger charge is 2.14. The average molecular weight is 265 g/mol. The van der Waals surface area contributed by atoms with Gasteiger partial charge in [0.05, 0.1) is 12.7 Å². The van der Waals surface area contributed by atoms with Crippen molar-refractivity contribution in [1.29, 1.82) is 0 Å². The Kier molecular flexibility index (Phi) is 5.85. The molecule has 0 saturated carbocycles. The lowest BCUT2D eigenvalue weighted by atomic mass is 10.2. The van der Waals surface area contributed by atoms with Gasteiger partial charge in [0.2, 0.25) is 0 Å². The van der Waals surface area contributed by atoms with Gasteiger partial charge < -0.3 is 14.4 Å². The molecule has 0 radical (unpaired) electrons. The maximum absolute atomic E-state index is 11.8. The molecule has 0 atom stereocenters. The molecule has 0 aliphatic rings. The van der Waals surface area contributed by atoms with Crippen molar-refractivity contribution in [3.63, 3.8) is 0 Å². The summed E-state index contributed by atoms with van der Waals surface area (Å²) in [5.74, 6) is 0.630. The number of hydrogen-bond acceptors (Lipinski definition) is 4. The molecular weight excluding hydrogens is 246 g/mol. The van der Waals surface area contributed by atoms with Gasteiger partial charge in [-0.2, -0.15) is 0 Å². The van der Waals surface area contributed by atoms with Crippen molar-refractivity contribution in [3.05, 3.63) is 23.8 Å². The third kappa shape index (κ3) is 3.71. The van der Waals surface area contributed by atoms with Crippen molar-refractivity contribution in [2.45, 2.75) is 13.8 Å². The fourth-order valence-corrected chi connectivity index (χ4v) is 1.74. The number of rotatable bonds is 7. The van der Waals surface area contributed by atoms with Crippen LogP contribution in [0, 0.1) is 0 Å². The first-order valence-electron chi connectivity index (χ1n) is 6.20. The van der Waals surface area contributed by atoms with Crippen LogP contribution in [-0.4, -0.2) is 43.9 Å². The van der Waals surface area contributed by atoms with Crippen LogP contribution in [0.25, 0.3) is 0 Å². The van der Waals surface area contributed by atoms with Gasteiger partial charge in [0.1, 0.15) is 0 Å². The molecule has 1 amide bonds. The molecule has 0 fully saturated rings. The molecule has 0 aliphatic carbocycles. The van der Waals surface area contributed by atoms with Crippen LogP contribution in [0.15, 0.2) is 18.2 Å². The molecule has 1 aromatic rings. The SMILES string of the molecule is CCN(CC)C(=O)COc1c(C=O)cccc1OC. The van der Waals surface area contributed by atoms with Gasteiger partial charge in [-0.3, -0.25) is 9.59 Å². The standard InChI is InChI=1S/C14H19NO4/c1-4-15(5-2)13(17)10-19-14-11(9-16)7-6-8-12(14)18-3/h6-9H,4-5,10H2,1-3H3. The van der Waals surface area contributed by atoms with E-state index in [9.17, 15) is 9.59 Å². The molecule has 104 valence electrons. The quantitative estimate of drug-likeness (QED) is 0.705. The minimum Gasteiger partial charge on any atom is -0.493 e. The van der Waals surface area contributed by atoms with Gasteiger partial charge in [-0.25, -0.2) is 0 Å². The van der Waals surface area contributed by atoms with Gasteiger partial charge in [0.15, 0.2) is 24.4 Å². The van der Waals surface area contributed by atoms with Crippen LogP contribution in [0.2, 0.25) is 0 Å². The molecule has 0 spiro atoms. The number of nitrogens with zero attached hydrogens (tertiary/aromatic N) is 1. The van der Waals surface area contributed by atoms with E-state index in [2.05, 4.69) is 0 Å². The Bertz CT molecular complexity index is 441. The summed E-state index contributed by atoms with van der Waals surface area (Å²) >= 11 is 0. The van der Waals surface area contributed by atoms with Crippen molar-refractivity contribution in [2.75, 3.05) is 26.8 Å². The zero-order chi connectivity index (χ0) is 14.3. The van der Waals surface area contributed by atoms with E-state index in [-0.39, 0.29) is 12.5 Å². The Morgan fingerprint density at radius 1 is 1.32 bits per heavy atom. The van der Waals surface area contributed by atoms with Crippen LogP contribution in [0.1, 0.15) is 24.2 Å². The van der Waals surface area contributed by atoms with Crippen LogP contribution >= 0.6 is 0 Å². The lowest BCUT2D eigenvalue weighted by Gasteiger charge is -2.19. The Morgan fingerprint density at radius 2 is 2.00 bits per heavy atom. The third-order valence-corrected chi connectivity index (χ3v) is 2.81. The second-order valence-electron chi connectivity index (χ2n) is 3.85. The van der Waals surface area contributed by atoms with E-state index in [1.807, 2.05) is 13.8 Å². The van der Waals surface area contributed by atoms with Crippen molar-refractivity contribution in [1.82, 2.24) is 4.90 Å².